The fourth-order valence-corrected chi connectivity index (χ4v) is 3.63. The summed E-state index contributed by atoms with van der Waals surface area (Å²) in [6.07, 6.45) is 3.63. The molecular formula is C18H21N5O. The first-order valence-corrected chi connectivity index (χ1v) is 8.24. The molecule has 4 rings (SSSR count). The Kier molecular flexibility index (Phi) is 3.23. The van der Waals surface area contributed by atoms with Gasteiger partial charge in [0.15, 0.2) is 5.65 Å². The van der Waals surface area contributed by atoms with Gasteiger partial charge in [0.2, 0.25) is 5.95 Å². The number of anilines is 1. The predicted octanol–water partition coefficient (Wildman–Crippen LogP) is 2.88. The summed E-state index contributed by atoms with van der Waals surface area (Å²) in [6, 6.07) is 8.65. The van der Waals surface area contributed by atoms with E-state index < -0.39 is 0 Å². The summed E-state index contributed by atoms with van der Waals surface area (Å²) in [5, 5.41) is 8.03. The number of nitrogens with zero attached hydrogens (tertiary/aromatic N) is 3. The Hall–Kier alpha value is -2.63. The van der Waals surface area contributed by atoms with Gasteiger partial charge in [-0.15, -0.1) is 0 Å². The molecule has 6 nitrogen and oxygen atoms in total. The van der Waals surface area contributed by atoms with E-state index in [4.69, 9.17) is 0 Å². The lowest BCUT2D eigenvalue weighted by Gasteiger charge is -2.37. The zero-order valence-electron chi connectivity index (χ0n) is 14.1. The van der Waals surface area contributed by atoms with Crippen molar-refractivity contribution >= 4 is 17.0 Å². The van der Waals surface area contributed by atoms with Crippen LogP contribution in [-0.2, 0) is 12.5 Å². The molecule has 124 valence electrons. The Bertz CT molecular complexity index is 969. The Labute approximate surface area is 139 Å². The topological polar surface area (TPSA) is 75.6 Å². The van der Waals surface area contributed by atoms with E-state index in [-0.39, 0.29) is 17.0 Å². The highest BCUT2D eigenvalue weighted by Gasteiger charge is 2.32. The molecule has 2 aromatic heterocycles. The van der Waals surface area contributed by atoms with Crippen LogP contribution in [0.4, 0.5) is 5.95 Å². The van der Waals surface area contributed by atoms with E-state index in [1.165, 1.54) is 11.1 Å². The minimum absolute atomic E-state index is 0.142. The van der Waals surface area contributed by atoms with Crippen molar-refractivity contribution in [2.75, 3.05) is 5.32 Å². The summed E-state index contributed by atoms with van der Waals surface area (Å²) in [5.74, 6) is 0.496. The molecule has 0 saturated heterocycles. The third-order valence-corrected chi connectivity index (χ3v) is 5.04. The van der Waals surface area contributed by atoms with Crippen LogP contribution in [0.1, 0.15) is 43.9 Å². The van der Waals surface area contributed by atoms with Crippen molar-refractivity contribution in [1.29, 1.82) is 0 Å². The highest BCUT2D eigenvalue weighted by Crippen LogP contribution is 2.42. The smallest absolute Gasteiger partial charge is 0.263 e. The number of H-pyrrole nitrogens is 1. The molecule has 0 aliphatic heterocycles. The first-order valence-electron chi connectivity index (χ1n) is 8.24. The van der Waals surface area contributed by atoms with E-state index in [0.717, 1.165) is 12.8 Å². The Morgan fingerprint density at radius 2 is 2.12 bits per heavy atom. The standard InChI is InChI=1S/C18H21N5O/c1-18(2)9-8-14(11-6-4-5-7-13(11)18)20-17-21-15-12(16(24)22-17)10-19-23(15)3/h4-7,10,14H,8-9H2,1-3H3,(H2,20,21,22,24)/t14-/m0/s1. The van der Waals surface area contributed by atoms with Gasteiger partial charge >= 0.3 is 0 Å². The number of aromatic amines is 1. The van der Waals surface area contributed by atoms with Gasteiger partial charge in [0.05, 0.1) is 12.2 Å². The Morgan fingerprint density at radius 3 is 2.96 bits per heavy atom. The number of benzene rings is 1. The van der Waals surface area contributed by atoms with E-state index in [2.05, 4.69) is 58.5 Å². The molecule has 2 N–H and O–H groups in total. The van der Waals surface area contributed by atoms with E-state index >= 15 is 0 Å². The zero-order valence-corrected chi connectivity index (χ0v) is 14.1. The second kappa shape index (κ2) is 5.19. The van der Waals surface area contributed by atoms with Gasteiger partial charge < -0.3 is 5.32 Å². The Morgan fingerprint density at radius 1 is 1.33 bits per heavy atom. The van der Waals surface area contributed by atoms with Gasteiger partial charge in [-0.1, -0.05) is 38.1 Å². The van der Waals surface area contributed by atoms with Crippen molar-refractivity contribution in [3.8, 4) is 0 Å². The number of rotatable bonds is 2. The second-order valence-electron chi connectivity index (χ2n) is 7.13. The first-order chi connectivity index (χ1) is 11.5. The number of aryl methyl sites for hydroxylation is 1. The number of hydrogen-bond acceptors (Lipinski definition) is 4. The molecule has 1 atom stereocenters. The molecule has 0 radical (unpaired) electrons. The van der Waals surface area contributed by atoms with Crippen LogP contribution < -0.4 is 10.9 Å². The number of nitrogens with one attached hydrogen (secondary N) is 2. The molecule has 0 amide bonds. The average Bonchev–Trinajstić information content (AvgIpc) is 2.93. The van der Waals surface area contributed by atoms with Crippen molar-refractivity contribution in [3.63, 3.8) is 0 Å². The lowest BCUT2D eigenvalue weighted by atomic mass is 9.71. The average molecular weight is 323 g/mol. The summed E-state index contributed by atoms with van der Waals surface area (Å²) in [6.45, 7) is 4.56. The monoisotopic (exact) mass is 323 g/mol. The largest absolute Gasteiger partial charge is 0.349 e. The Balaban J connectivity index is 1.74. The van der Waals surface area contributed by atoms with Crippen LogP contribution in [-0.4, -0.2) is 19.7 Å². The highest BCUT2D eigenvalue weighted by atomic mass is 16.1. The minimum atomic E-state index is -0.167. The fourth-order valence-electron chi connectivity index (χ4n) is 3.63. The van der Waals surface area contributed by atoms with Gasteiger partial charge in [-0.05, 0) is 29.4 Å². The molecule has 0 spiro atoms. The molecule has 24 heavy (non-hydrogen) atoms. The van der Waals surface area contributed by atoms with Gasteiger partial charge in [0.25, 0.3) is 5.56 Å². The van der Waals surface area contributed by atoms with Gasteiger partial charge in [-0.25, -0.2) is 0 Å². The van der Waals surface area contributed by atoms with Crippen LogP contribution in [0.15, 0.2) is 35.3 Å². The molecule has 0 fully saturated rings. The van der Waals surface area contributed by atoms with Crippen LogP contribution >= 0.6 is 0 Å². The lowest BCUT2D eigenvalue weighted by Crippen LogP contribution is -2.29. The van der Waals surface area contributed by atoms with Gasteiger partial charge in [-0.2, -0.15) is 10.1 Å². The maximum absolute atomic E-state index is 12.2. The normalized spacial score (nSPS) is 19.2. The van der Waals surface area contributed by atoms with E-state index in [1.54, 1.807) is 17.9 Å². The summed E-state index contributed by atoms with van der Waals surface area (Å²) < 4.78 is 1.62. The van der Waals surface area contributed by atoms with E-state index in [9.17, 15) is 4.79 Å². The molecule has 1 aliphatic carbocycles. The lowest BCUT2D eigenvalue weighted by molar-refractivity contribution is 0.405. The summed E-state index contributed by atoms with van der Waals surface area (Å²) >= 11 is 0. The van der Waals surface area contributed by atoms with Gasteiger partial charge in [0.1, 0.15) is 5.39 Å². The third kappa shape index (κ3) is 2.29. The molecule has 1 aliphatic rings. The van der Waals surface area contributed by atoms with Crippen molar-refractivity contribution in [2.24, 2.45) is 7.05 Å². The molecule has 0 bridgehead atoms. The maximum Gasteiger partial charge on any atom is 0.263 e. The fraction of sp³-hybridized carbons (Fsp3) is 0.389. The zero-order chi connectivity index (χ0) is 16.9. The van der Waals surface area contributed by atoms with Crippen LogP contribution in [0.2, 0.25) is 0 Å². The van der Waals surface area contributed by atoms with Crippen LogP contribution in [0, 0.1) is 0 Å². The second-order valence-corrected chi connectivity index (χ2v) is 7.13. The predicted molar refractivity (Wildman–Crippen MR) is 94.2 cm³/mol. The van der Waals surface area contributed by atoms with E-state index in [0.29, 0.717) is 17.0 Å². The van der Waals surface area contributed by atoms with Crippen molar-refractivity contribution < 1.29 is 0 Å². The van der Waals surface area contributed by atoms with Crippen molar-refractivity contribution in [2.45, 2.75) is 38.1 Å². The molecule has 6 heteroatoms. The minimum Gasteiger partial charge on any atom is -0.349 e. The quantitative estimate of drug-likeness (QED) is 0.760. The molecular weight excluding hydrogens is 302 g/mol. The number of hydrogen-bond donors (Lipinski definition) is 2. The van der Waals surface area contributed by atoms with Gasteiger partial charge in [0, 0.05) is 7.05 Å². The number of aromatic nitrogens is 4. The first kappa shape index (κ1) is 14.9. The SMILES string of the molecule is Cn1ncc2c(=O)[nH]c(N[C@H]3CCC(C)(C)c4ccccc43)nc21. The highest BCUT2D eigenvalue weighted by molar-refractivity contribution is 5.74. The maximum atomic E-state index is 12.2. The van der Waals surface area contributed by atoms with Crippen LogP contribution in [0.25, 0.3) is 11.0 Å². The van der Waals surface area contributed by atoms with Crippen LogP contribution in [0.3, 0.4) is 0 Å². The van der Waals surface area contributed by atoms with Crippen molar-refractivity contribution in [3.05, 3.63) is 51.9 Å². The molecule has 0 saturated carbocycles. The number of fused-ring (bicyclic) bond motifs is 2. The molecule has 2 heterocycles. The molecule has 0 unspecified atom stereocenters. The van der Waals surface area contributed by atoms with E-state index in [1.807, 2.05) is 0 Å². The van der Waals surface area contributed by atoms with Crippen molar-refractivity contribution in [1.82, 2.24) is 19.7 Å². The summed E-state index contributed by atoms with van der Waals surface area (Å²) in [5.41, 5.74) is 3.23. The third-order valence-electron chi connectivity index (χ3n) is 5.04. The van der Waals surface area contributed by atoms with Gasteiger partial charge in [-0.3, -0.25) is 14.5 Å². The molecule has 1 aromatic carbocycles. The summed E-state index contributed by atoms with van der Waals surface area (Å²) in [4.78, 5) is 19.6. The summed E-state index contributed by atoms with van der Waals surface area (Å²) in [7, 11) is 1.79. The molecule has 3 aromatic rings. The van der Waals surface area contributed by atoms with Crippen LogP contribution in [0.5, 0.6) is 0 Å².